The predicted molar refractivity (Wildman–Crippen MR) is 79.1 cm³/mol. The summed E-state index contributed by atoms with van der Waals surface area (Å²) < 4.78 is 1.81. The molecule has 4 heteroatoms. The molecule has 0 bridgehead atoms. The first-order valence-corrected chi connectivity index (χ1v) is 6.87. The summed E-state index contributed by atoms with van der Waals surface area (Å²) in [5, 5.41) is 7.27. The van der Waals surface area contributed by atoms with Gasteiger partial charge in [-0.05, 0) is 25.0 Å². The molecule has 0 aliphatic rings. The average Bonchev–Trinajstić information content (AvgIpc) is 2.76. The maximum atomic E-state index is 12.1. The third-order valence-corrected chi connectivity index (χ3v) is 3.44. The molecule has 1 aromatic heterocycles. The number of hydrogen-bond donors (Lipinski definition) is 1. The number of hydrogen-bond acceptors (Lipinski definition) is 2. The molecule has 106 valence electrons. The van der Waals surface area contributed by atoms with E-state index in [1.54, 1.807) is 0 Å². The van der Waals surface area contributed by atoms with Crippen molar-refractivity contribution >= 4 is 5.91 Å². The van der Waals surface area contributed by atoms with Gasteiger partial charge in [0.15, 0.2) is 0 Å². The van der Waals surface area contributed by atoms with Crippen molar-refractivity contribution in [2.24, 2.45) is 13.0 Å². The van der Waals surface area contributed by atoms with Crippen molar-refractivity contribution in [1.29, 1.82) is 0 Å². The van der Waals surface area contributed by atoms with E-state index < -0.39 is 0 Å². The number of carbonyl (C=O) groups is 1. The van der Waals surface area contributed by atoms with Crippen LogP contribution in [0, 0.1) is 12.8 Å². The Hall–Kier alpha value is -2.10. The van der Waals surface area contributed by atoms with Crippen LogP contribution in [0.5, 0.6) is 0 Å². The highest BCUT2D eigenvalue weighted by atomic mass is 16.1. The van der Waals surface area contributed by atoms with Crippen LogP contribution in [0.4, 0.5) is 0 Å². The van der Waals surface area contributed by atoms with Crippen molar-refractivity contribution in [2.45, 2.75) is 26.8 Å². The average molecular weight is 271 g/mol. The second-order valence-corrected chi connectivity index (χ2v) is 5.21. The Bertz CT molecular complexity index is 555. The normalized spacial score (nSPS) is 12.2. The van der Waals surface area contributed by atoms with E-state index in [-0.39, 0.29) is 11.8 Å². The molecule has 0 fully saturated rings. The summed E-state index contributed by atoms with van der Waals surface area (Å²) in [6.45, 7) is 4.43. The molecule has 0 aliphatic carbocycles. The van der Waals surface area contributed by atoms with Crippen LogP contribution in [0.15, 0.2) is 36.4 Å². The summed E-state index contributed by atoms with van der Waals surface area (Å²) in [5.41, 5.74) is 3.17. The number of aryl methyl sites for hydroxylation is 2. The number of aromatic nitrogens is 2. The highest BCUT2D eigenvalue weighted by molar-refractivity contribution is 5.78. The third-order valence-electron chi connectivity index (χ3n) is 3.44. The fraction of sp³-hybridized carbons (Fsp3) is 0.375. The predicted octanol–water partition coefficient (Wildman–Crippen LogP) is 2.22. The van der Waals surface area contributed by atoms with Crippen LogP contribution in [0.3, 0.4) is 0 Å². The molecule has 0 aliphatic heterocycles. The van der Waals surface area contributed by atoms with Crippen LogP contribution in [0.25, 0.3) is 0 Å². The van der Waals surface area contributed by atoms with E-state index in [0.29, 0.717) is 6.54 Å². The van der Waals surface area contributed by atoms with Gasteiger partial charge in [-0.15, -0.1) is 0 Å². The van der Waals surface area contributed by atoms with E-state index in [1.165, 1.54) is 5.56 Å². The van der Waals surface area contributed by atoms with Gasteiger partial charge >= 0.3 is 0 Å². The van der Waals surface area contributed by atoms with Gasteiger partial charge in [0.1, 0.15) is 0 Å². The van der Waals surface area contributed by atoms with Crippen LogP contribution >= 0.6 is 0 Å². The Morgan fingerprint density at radius 2 is 2.05 bits per heavy atom. The first-order chi connectivity index (χ1) is 9.56. The molecule has 1 amide bonds. The van der Waals surface area contributed by atoms with Gasteiger partial charge in [-0.3, -0.25) is 9.48 Å². The second kappa shape index (κ2) is 6.37. The van der Waals surface area contributed by atoms with E-state index >= 15 is 0 Å². The molecule has 0 radical (unpaired) electrons. The van der Waals surface area contributed by atoms with Crippen molar-refractivity contribution in [3.63, 3.8) is 0 Å². The SMILES string of the molecule is Cc1cc(CNC(=O)C(C)Cc2ccccc2)nn1C. The topological polar surface area (TPSA) is 46.9 Å². The number of rotatable bonds is 5. The highest BCUT2D eigenvalue weighted by Crippen LogP contribution is 2.08. The summed E-state index contributed by atoms with van der Waals surface area (Å²) in [5.74, 6) is 0.0272. The number of amides is 1. The van der Waals surface area contributed by atoms with Crippen molar-refractivity contribution in [3.05, 3.63) is 53.3 Å². The zero-order valence-electron chi connectivity index (χ0n) is 12.3. The number of nitrogens with one attached hydrogen (secondary N) is 1. The Kier molecular flexibility index (Phi) is 4.56. The maximum Gasteiger partial charge on any atom is 0.223 e. The van der Waals surface area contributed by atoms with Crippen LogP contribution in [0.2, 0.25) is 0 Å². The molecule has 4 nitrogen and oxygen atoms in total. The van der Waals surface area contributed by atoms with Gasteiger partial charge in [0.2, 0.25) is 5.91 Å². The van der Waals surface area contributed by atoms with Crippen LogP contribution in [-0.2, 0) is 24.8 Å². The highest BCUT2D eigenvalue weighted by Gasteiger charge is 2.13. The summed E-state index contributed by atoms with van der Waals surface area (Å²) in [6, 6.07) is 12.1. The lowest BCUT2D eigenvalue weighted by Crippen LogP contribution is -2.30. The molecule has 20 heavy (non-hydrogen) atoms. The fourth-order valence-corrected chi connectivity index (χ4v) is 2.13. The van der Waals surface area contributed by atoms with Crippen LogP contribution < -0.4 is 5.32 Å². The Morgan fingerprint density at radius 3 is 2.65 bits per heavy atom. The third kappa shape index (κ3) is 3.70. The number of benzene rings is 1. The van der Waals surface area contributed by atoms with Gasteiger partial charge < -0.3 is 5.32 Å². The lowest BCUT2D eigenvalue weighted by molar-refractivity contribution is -0.124. The summed E-state index contributed by atoms with van der Waals surface area (Å²) >= 11 is 0. The molecule has 0 saturated carbocycles. The molecule has 0 saturated heterocycles. The van der Waals surface area contributed by atoms with Crippen molar-refractivity contribution < 1.29 is 4.79 Å². The second-order valence-electron chi connectivity index (χ2n) is 5.21. The molecular formula is C16H21N3O. The van der Waals surface area contributed by atoms with Crippen LogP contribution in [-0.4, -0.2) is 15.7 Å². The van der Waals surface area contributed by atoms with E-state index in [1.807, 2.05) is 62.0 Å². The number of carbonyl (C=O) groups excluding carboxylic acids is 1. The molecular weight excluding hydrogens is 250 g/mol. The largest absolute Gasteiger partial charge is 0.350 e. The van der Waals surface area contributed by atoms with Crippen molar-refractivity contribution in [1.82, 2.24) is 15.1 Å². The van der Waals surface area contributed by atoms with Gasteiger partial charge in [0.25, 0.3) is 0 Å². The molecule has 0 spiro atoms. The molecule has 1 heterocycles. The minimum Gasteiger partial charge on any atom is -0.350 e. The Balaban J connectivity index is 1.85. The fourth-order valence-electron chi connectivity index (χ4n) is 2.13. The first kappa shape index (κ1) is 14.3. The van der Waals surface area contributed by atoms with E-state index in [9.17, 15) is 4.79 Å². The van der Waals surface area contributed by atoms with Gasteiger partial charge in [-0.2, -0.15) is 5.10 Å². The standard InChI is InChI=1S/C16H21N3O/c1-12(9-14-7-5-4-6-8-14)16(20)17-11-15-10-13(2)19(3)18-15/h4-8,10,12H,9,11H2,1-3H3,(H,17,20). The first-order valence-electron chi connectivity index (χ1n) is 6.87. The summed E-state index contributed by atoms with van der Waals surface area (Å²) in [4.78, 5) is 12.1. The maximum absolute atomic E-state index is 12.1. The number of nitrogens with zero attached hydrogens (tertiary/aromatic N) is 2. The molecule has 1 unspecified atom stereocenters. The van der Waals surface area contributed by atoms with Gasteiger partial charge in [-0.25, -0.2) is 0 Å². The lowest BCUT2D eigenvalue weighted by Gasteiger charge is -2.11. The molecule has 1 atom stereocenters. The van der Waals surface area contributed by atoms with Crippen LogP contribution in [0.1, 0.15) is 23.9 Å². The summed E-state index contributed by atoms with van der Waals surface area (Å²) in [6.07, 6.45) is 0.758. The Morgan fingerprint density at radius 1 is 1.35 bits per heavy atom. The quantitative estimate of drug-likeness (QED) is 0.906. The monoisotopic (exact) mass is 271 g/mol. The lowest BCUT2D eigenvalue weighted by atomic mass is 10.0. The zero-order chi connectivity index (χ0) is 14.5. The van der Waals surface area contributed by atoms with Gasteiger partial charge in [0.05, 0.1) is 12.2 Å². The van der Waals surface area contributed by atoms with Crippen molar-refractivity contribution in [3.8, 4) is 0 Å². The Labute approximate surface area is 119 Å². The van der Waals surface area contributed by atoms with E-state index in [0.717, 1.165) is 17.8 Å². The van der Waals surface area contributed by atoms with E-state index in [2.05, 4.69) is 10.4 Å². The zero-order valence-corrected chi connectivity index (χ0v) is 12.3. The van der Waals surface area contributed by atoms with Gasteiger partial charge in [-0.1, -0.05) is 37.3 Å². The minimum absolute atomic E-state index is 0.0396. The summed E-state index contributed by atoms with van der Waals surface area (Å²) in [7, 11) is 1.90. The van der Waals surface area contributed by atoms with Crippen molar-refractivity contribution in [2.75, 3.05) is 0 Å². The molecule has 1 N–H and O–H groups in total. The molecule has 1 aromatic carbocycles. The van der Waals surface area contributed by atoms with E-state index in [4.69, 9.17) is 0 Å². The smallest absolute Gasteiger partial charge is 0.223 e. The molecule has 2 rings (SSSR count). The van der Waals surface area contributed by atoms with Gasteiger partial charge in [0, 0.05) is 18.7 Å². The molecule has 2 aromatic rings. The minimum atomic E-state index is -0.0396.